The average Bonchev–Trinajstić information content (AvgIpc) is 2.66. The molecule has 0 saturated carbocycles. The summed E-state index contributed by atoms with van der Waals surface area (Å²) >= 11 is 6.34. The van der Waals surface area contributed by atoms with Gasteiger partial charge >= 0.3 is 0 Å². The zero-order valence-corrected chi connectivity index (χ0v) is 11.7. The van der Waals surface area contributed by atoms with E-state index in [1.165, 1.54) is 11.1 Å². The van der Waals surface area contributed by atoms with Gasteiger partial charge < -0.3 is 5.32 Å². The third-order valence-corrected chi connectivity index (χ3v) is 4.12. The normalized spacial score (nSPS) is 23.5. The highest BCUT2D eigenvalue weighted by atomic mass is 35.5. The van der Waals surface area contributed by atoms with Gasteiger partial charge in [0.05, 0.1) is 11.4 Å². The van der Waals surface area contributed by atoms with Crippen molar-refractivity contribution in [3.8, 4) is 0 Å². The molecule has 0 fully saturated rings. The van der Waals surface area contributed by atoms with Gasteiger partial charge in [0.15, 0.2) is 0 Å². The molecule has 2 nitrogen and oxygen atoms in total. The molecule has 1 aromatic rings. The van der Waals surface area contributed by atoms with Gasteiger partial charge in [-0.1, -0.05) is 44.5 Å². The number of hydrogen-bond acceptors (Lipinski definition) is 1. The topological polar surface area (TPSA) is 29.1 Å². The Kier molecular flexibility index (Phi) is 4.28. The Morgan fingerprint density at radius 3 is 2.94 bits per heavy atom. The molecule has 18 heavy (non-hydrogen) atoms. The van der Waals surface area contributed by atoms with Gasteiger partial charge in [-0.2, -0.15) is 0 Å². The second-order valence-corrected chi connectivity index (χ2v) is 5.74. The van der Waals surface area contributed by atoms with E-state index in [0.717, 1.165) is 12.8 Å². The summed E-state index contributed by atoms with van der Waals surface area (Å²) < 4.78 is 0. The number of hydrogen-bond donors (Lipinski definition) is 1. The molecule has 1 N–H and O–H groups in total. The fourth-order valence-corrected chi connectivity index (χ4v) is 2.77. The smallest absolute Gasteiger partial charge is 0.220 e. The maximum Gasteiger partial charge on any atom is 0.220 e. The van der Waals surface area contributed by atoms with Gasteiger partial charge in [-0.3, -0.25) is 4.79 Å². The van der Waals surface area contributed by atoms with E-state index >= 15 is 0 Å². The van der Waals surface area contributed by atoms with Crippen molar-refractivity contribution in [2.45, 2.75) is 44.5 Å². The predicted molar refractivity (Wildman–Crippen MR) is 74.7 cm³/mol. The minimum absolute atomic E-state index is 0.0247. The van der Waals surface area contributed by atoms with E-state index in [2.05, 4.69) is 31.3 Å². The SMILES string of the molecule is CCC(C)CC(=O)NC1c2ccccc2CC1Cl. The van der Waals surface area contributed by atoms with Crippen molar-refractivity contribution in [2.75, 3.05) is 0 Å². The Hall–Kier alpha value is -1.02. The minimum atomic E-state index is -0.0283. The number of carbonyl (C=O) groups excluding carboxylic acids is 1. The molecule has 3 atom stereocenters. The van der Waals surface area contributed by atoms with E-state index in [1.54, 1.807) is 0 Å². The Morgan fingerprint density at radius 1 is 1.50 bits per heavy atom. The van der Waals surface area contributed by atoms with E-state index in [9.17, 15) is 4.79 Å². The van der Waals surface area contributed by atoms with Crippen molar-refractivity contribution in [2.24, 2.45) is 5.92 Å². The van der Waals surface area contributed by atoms with Crippen LogP contribution in [0.2, 0.25) is 0 Å². The van der Waals surface area contributed by atoms with Crippen LogP contribution in [0.1, 0.15) is 43.9 Å². The summed E-state index contributed by atoms with van der Waals surface area (Å²) in [5.74, 6) is 0.534. The summed E-state index contributed by atoms with van der Waals surface area (Å²) in [4.78, 5) is 12.0. The zero-order chi connectivity index (χ0) is 13.1. The molecule has 0 saturated heterocycles. The number of halogens is 1. The molecule has 3 heteroatoms. The minimum Gasteiger partial charge on any atom is -0.348 e. The van der Waals surface area contributed by atoms with Crippen molar-refractivity contribution in [1.82, 2.24) is 5.32 Å². The highest BCUT2D eigenvalue weighted by Gasteiger charge is 2.31. The first-order chi connectivity index (χ1) is 8.61. The quantitative estimate of drug-likeness (QED) is 0.830. The zero-order valence-electron chi connectivity index (χ0n) is 10.9. The molecule has 98 valence electrons. The first kappa shape index (κ1) is 13.4. The van der Waals surface area contributed by atoms with Gasteiger partial charge in [-0.15, -0.1) is 11.6 Å². The average molecular weight is 266 g/mol. The van der Waals surface area contributed by atoms with Gasteiger partial charge in [0.1, 0.15) is 0 Å². The molecule has 0 aliphatic heterocycles. The largest absolute Gasteiger partial charge is 0.348 e. The first-order valence-electron chi connectivity index (χ1n) is 6.63. The third kappa shape index (κ3) is 2.86. The molecule has 1 aromatic carbocycles. The summed E-state index contributed by atoms with van der Waals surface area (Å²) in [6, 6.07) is 8.14. The van der Waals surface area contributed by atoms with Crippen molar-refractivity contribution < 1.29 is 4.79 Å². The number of fused-ring (bicyclic) bond motifs is 1. The molecule has 3 unspecified atom stereocenters. The molecule has 2 rings (SSSR count). The first-order valence-corrected chi connectivity index (χ1v) is 7.06. The van der Waals surface area contributed by atoms with Crippen molar-refractivity contribution >= 4 is 17.5 Å². The van der Waals surface area contributed by atoms with Gasteiger partial charge in [-0.25, -0.2) is 0 Å². The van der Waals surface area contributed by atoms with Crippen molar-refractivity contribution in [3.05, 3.63) is 35.4 Å². The van der Waals surface area contributed by atoms with Crippen LogP contribution in [0.4, 0.5) is 0 Å². The van der Waals surface area contributed by atoms with Crippen LogP contribution in [0.3, 0.4) is 0 Å². The Balaban J connectivity index is 2.03. The molecule has 0 heterocycles. The maximum absolute atomic E-state index is 12.0. The molecule has 1 aliphatic carbocycles. The van der Waals surface area contributed by atoms with Crippen LogP contribution in [0.25, 0.3) is 0 Å². The van der Waals surface area contributed by atoms with Crippen LogP contribution in [0.15, 0.2) is 24.3 Å². The number of benzene rings is 1. The third-order valence-electron chi connectivity index (χ3n) is 3.71. The van der Waals surface area contributed by atoms with E-state index in [4.69, 9.17) is 11.6 Å². The van der Waals surface area contributed by atoms with E-state index in [0.29, 0.717) is 12.3 Å². The van der Waals surface area contributed by atoms with Gasteiger partial charge in [0, 0.05) is 6.42 Å². The number of carbonyl (C=O) groups is 1. The summed E-state index contributed by atoms with van der Waals surface area (Å²) in [6.07, 6.45) is 2.45. The van der Waals surface area contributed by atoms with E-state index in [-0.39, 0.29) is 17.3 Å². The lowest BCUT2D eigenvalue weighted by Crippen LogP contribution is -2.32. The molecule has 0 aromatic heterocycles. The Bertz CT molecular complexity index is 432. The van der Waals surface area contributed by atoms with E-state index < -0.39 is 0 Å². The lowest BCUT2D eigenvalue weighted by atomic mass is 10.0. The molecule has 1 aliphatic rings. The van der Waals surface area contributed by atoms with Crippen LogP contribution in [0.5, 0.6) is 0 Å². The molecule has 0 spiro atoms. The fourth-order valence-electron chi connectivity index (χ4n) is 2.41. The molecule has 1 amide bonds. The van der Waals surface area contributed by atoms with Gasteiger partial charge in [0.25, 0.3) is 0 Å². The highest BCUT2D eigenvalue weighted by molar-refractivity contribution is 6.21. The molecule has 0 radical (unpaired) electrons. The van der Waals surface area contributed by atoms with Crippen LogP contribution in [0, 0.1) is 5.92 Å². The van der Waals surface area contributed by atoms with Crippen LogP contribution < -0.4 is 5.32 Å². The number of alkyl halides is 1. The van der Waals surface area contributed by atoms with Gasteiger partial charge in [0.2, 0.25) is 5.91 Å². The summed E-state index contributed by atoms with van der Waals surface area (Å²) in [6.45, 7) is 4.20. The lowest BCUT2D eigenvalue weighted by molar-refractivity contribution is -0.122. The van der Waals surface area contributed by atoms with Crippen LogP contribution in [-0.4, -0.2) is 11.3 Å². The number of amides is 1. The Labute approximate surface area is 114 Å². The number of nitrogens with one attached hydrogen (secondary N) is 1. The van der Waals surface area contributed by atoms with Crippen LogP contribution in [-0.2, 0) is 11.2 Å². The predicted octanol–water partition coefficient (Wildman–Crippen LogP) is 3.44. The molecular weight excluding hydrogens is 246 g/mol. The standard InChI is InChI=1S/C15H20ClNO/c1-3-10(2)8-14(18)17-15-12-7-5-4-6-11(12)9-13(15)16/h4-7,10,13,15H,3,8-9H2,1-2H3,(H,17,18). The fraction of sp³-hybridized carbons (Fsp3) is 0.533. The number of rotatable bonds is 4. The summed E-state index contributed by atoms with van der Waals surface area (Å²) in [5.41, 5.74) is 2.43. The molecular formula is C15H20ClNO. The van der Waals surface area contributed by atoms with Crippen molar-refractivity contribution in [3.63, 3.8) is 0 Å². The Morgan fingerprint density at radius 2 is 2.22 bits per heavy atom. The highest BCUT2D eigenvalue weighted by Crippen LogP contribution is 2.34. The van der Waals surface area contributed by atoms with Crippen LogP contribution >= 0.6 is 11.6 Å². The second kappa shape index (κ2) is 5.75. The monoisotopic (exact) mass is 265 g/mol. The van der Waals surface area contributed by atoms with Gasteiger partial charge in [-0.05, 0) is 23.5 Å². The summed E-state index contributed by atoms with van der Waals surface area (Å²) in [7, 11) is 0. The second-order valence-electron chi connectivity index (χ2n) is 5.18. The van der Waals surface area contributed by atoms with Crippen molar-refractivity contribution in [1.29, 1.82) is 0 Å². The van der Waals surface area contributed by atoms with E-state index in [1.807, 2.05) is 12.1 Å². The summed E-state index contributed by atoms with van der Waals surface area (Å²) in [5, 5.41) is 3.05. The lowest BCUT2D eigenvalue weighted by Gasteiger charge is -2.18. The molecule has 0 bridgehead atoms. The maximum atomic E-state index is 12.0.